The van der Waals surface area contributed by atoms with E-state index < -0.39 is 5.41 Å². The summed E-state index contributed by atoms with van der Waals surface area (Å²) in [4.78, 5) is 28.5. The quantitative estimate of drug-likeness (QED) is 0.382. The second-order valence-corrected chi connectivity index (χ2v) is 14.5. The van der Waals surface area contributed by atoms with Crippen LogP contribution in [-0.4, -0.2) is 17.9 Å². The summed E-state index contributed by atoms with van der Waals surface area (Å²) in [6.07, 6.45) is 10.2. The molecule has 0 aromatic rings. The Hall–Kier alpha value is -1.12. The number of rotatable bonds is 0. The zero-order valence-electron chi connectivity index (χ0n) is 21.9. The summed E-state index contributed by atoms with van der Waals surface area (Å²) in [7, 11) is 0. The van der Waals surface area contributed by atoms with E-state index in [1.54, 1.807) is 0 Å². The molecule has 3 nitrogen and oxygen atoms in total. The maximum atomic E-state index is 14.3. The molecule has 33 heavy (non-hydrogen) atoms. The van der Waals surface area contributed by atoms with Gasteiger partial charge in [-0.15, -0.1) is 0 Å². The Morgan fingerprint density at radius 3 is 2.33 bits per heavy atom. The van der Waals surface area contributed by atoms with E-state index in [0.717, 1.165) is 44.9 Å². The van der Waals surface area contributed by atoms with E-state index in [1.807, 2.05) is 0 Å². The highest BCUT2D eigenvalue weighted by molar-refractivity contribution is 5.96. The van der Waals surface area contributed by atoms with E-state index in [-0.39, 0.29) is 45.6 Å². The smallest absolute Gasteiger partial charge is 0.312 e. The van der Waals surface area contributed by atoms with Gasteiger partial charge in [-0.2, -0.15) is 0 Å². The van der Waals surface area contributed by atoms with Crippen LogP contribution in [0.3, 0.4) is 0 Å². The lowest BCUT2D eigenvalue weighted by molar-refractivity contribution is -0.224. The van der Waals surface area contributed by atoms with Gasteiger partial charge < -0.3 is 4.74 Å². The van der Waals surface area contributed by atoms with Crippen LogP contribution in [0.15, 0.2) is 11.6 Å². The van der Waals surface area contributed by atoms with Crippen LogP contribution in [0.1, 0.15) is 99.8 Å². The van der Waals surface area contributed by atoms with E-state index in [0.29, 0.717) is 23.5 Å². The predicted molar refractivity (Wildman–Crippen MR) is 129 cm³/mol. The van der Waals surface area contributed by atoms with Gasteiger partial charge in [0.15, 0.2) is 5.78 Å². The van der Waals surface area contributed by atoms with Crippen molar-refractivity contribution in [2.45, 2.75) is 106 Å². The molecule has 4 aliphatic heterocycles. The lowest BCUT2D eigenvalue weighted by Crippen LogP contribution is -2.68. The molecule has 9 rings (SSSR count). The van der Waals surface area contributed by atoms with Gasteiger partial charge in [0.2, 0.25) is 0 Å². The summed E-state index contributed by atoms with van der Waals surface area (Å²) < 4.78 is 6.62. The molecule has 0 amide bonds. The Labute approximate surface area is 200 Å². The van der Waals surface area contributed by atoms with Crippen molar-refractivity contribution in [1.29, 1.82) is 0 Å². The van der Waals surface area contributed by atoms with Crippen molar-refractivity contribution in [3.05, 3.63) is 11.6 Å². The van der Waals surface area contributed by atoms with Gasteiger partial charge in [0.05, 0.1) is 5.41 Å². The third-order valence-corrected chi connectivity index (χ3v) is 13.4. The maximum absolute atomic E-state index is 14.3. The van der Waals surface area contributed by atoms with Gasteiger partial charge in [-0.25, -0.2) is 0 Å². The number of hydrogen-bond donors (Lipinski definition) is 0. The van der Waals surface area contributed by atoms with Crippen molar-refractivity contribution < 1.29 is 14.3 Å². The first-order chi connectivity index (χ1) is 15.3. The standard InChI is InChI=1S/C30H44O3/c1-17-8-13-30-15-14-29(7)24(23(30)18(17)2)19(31)16-21-27(5)11-10-22(33-25(30)32)26(3,4)20(27)9-12-28(21,29)6/h16-18,20,22-24H,8-15H2,1-7H3/t17-,18+,20?,22+,23+,24-,27+,28-,29-,30+/m1/s1. The maximum Gasteiger partial charge on any atom is 0.312 e. The molecule has 7 fully saturated rings. The molecule has 4 heterocycles. The molecule has 0 radical (unpaired) electrons. The summed E-state index contributed by atoms with van der Waals surface area (Å²) in [6, 6.07) is 0. The van der Waals surface area contributed by atoms with Gasteiger partial charge in [-0.1, -0.05) is 54.0 Å². The van der Waals surface area contributed by atoms with E-state index in [9.17, 15) is 9.59 Å². The summed E-state index contributed by atoms with van der Waals surface area (Å²) in [5.74, 6) is 1.75. The number of esters is 1. The van der Waals surface area contributed by atoms with Crippen molar-refractivity contribution >= 4 is 11.8 Å². The number of allylic oxidation sites excluding steroid dienone is 2. The molecule has 3 heteroatoms. The fourth-order valence-electron chi connectivity index (χ4n) is 11.0. The molecular formula is C30H44O3. The van der Waals surface area contributed by atoms with Gasteiger partial charge in [0, 0.05) is 11.3 Å². The van der Waals surface area contributed by atoms with Crippen molar-refractivity contribution in [3.63, 3.8) is 0 Å². The van der Waals surface area contributed by atoms with Gasteiger partial charge in [-0.3, -0.25) is 9.59 Å². The van der Waals surface area contributed by atoms with Crippen molar-refractivity contribution in [2.75, 3.05) is 0 Å². The van der Waals surface area contributed by atoms with Crippen LogP contribution in [0.2, 0.25) is 0 Å². The minimum absolute atomic E-state index is 0.0142. The SMILES string of the molecule is C[C@@H]1[C@H]2[C@H]3C(=O)C=C4[C@@]5(C)CC[C@@H]6OC(=O)[C@@]2(CC[C@H]1C)CC[C@@]3(C)[C@]4(C)CCC5C6(C)C. The Kier molecular flexibility index (Phi) is 4.30. The molecular weight excluding hydrogens is 408 g/mol. The fraction of sp³-hybridized carbons (Fsp3) is 0.867. The molecule has 8 bridgehead atoms. The second kappa shape index (κ2) is 6.35. The van der Waals surface area contributed by atoms with Crippen LogP contribution in [-0.2, 0) is 14.3 Å². The number of carbonyl (C=O) groups excluding carboxylic acids is 2. The highest BCUT2D eigenvalue weighted by Crippen LogP contribution is 2.76. The lowest BCUT2D eigenvalue weighted by atomic mass is 9.33. The number of fused-ring (bicyclic) bond motifs is 1. The third kappa shape index (κ3) is 2.34. The number of ketones is 1. The molecule has 5 aliphatic carbocycles. The van der Waals surface area contributed by atoms with Crippen molar-refractivity contribution in [2.24, 2.45) is 56.7 Å². The molecule has 1 spiro atoms. The summed E-state index contributed by atoms with van der Waals surface area (Å²) in [6.45, 7) is 16.7. The first kappa shape index (κ1) is 22.4. The summed E-state index contributed by atoms with van der Waals surface area (Å²) in [5, 5.41) is 0. The Balaban J connectivity index is 1.66. The first-order valence-electron chi connectivity index (χ1n) is 13.8. The third-order valence-electron chi connectivity index (χ3n) is 13.4. The topological polar surface area (TPSA) is 43.4 Å². The van der Waals surface area contributed by atoms with Crippen LogP contribution in [0.5, 0.6) is 0 Å². The number of hydrogen-bond acceptors (Lipinski definition) is 3. The van der Waals surface area contributed by atoms with Gasteiger partial charge in [-0.05, 0) is 97.4 Å². The van der Waals surface area contributed by atoms with Crippen LogP contribution in [0, 0.1) is 56.7 Å². The molecule has 10 atom stereocenters. The fourth-order valence-corrected chi connectivity index (χ4v) is 11.0. The summed E-state index contributed by atoms with van der Waals surface area (Å²) in [5.41, 5.74) is 0.865. The van der Waals surface area contributed by atoms with Crippen LogP contribution >= 0.6 is 0 Å². The number of carbonyl (C=O) groups is 2. The average Bonchev–Trinajstić information content (AvgIpc) is 2.74. The average molecular weight is 453 g/mol. The van der Waals surface area contributed by atoms with E-state index in [4.69, 9.17) is 4.74 Å². The van der Waals surface area contributed by atoms with Crippen molar-refractivity contribution in [3.8, 4) is 0 Å². The molecule has 4 saturated carbocycles. The van der Waals surface area contributed by atoms with Crippen molar-refractivity contribution in [1.82, 2.24) is 0 Å². The Bertz CT molecular complexity index is 962. The Morgan fingerprint density at radius 2 is 1.61 bits per heavy atom. The van der Waals surface area contributed by atoms with Gasteiger partial charge in [0.25, 0.3) is 0 Å². The monoisotopic (exact) mass is 452 g/mol. The zero-order chi connectivity index (χ0) is 23.8. The largest absolute Gasteiger partial charge is 0.461 e. The Morgan fingerprint density at radius 1 is 0.879 bits per heavy atom. The van der Waals surface area contributed by atoms with Crippen LogP contribution in [0.25, 0.3) is 0 Å². The lowest BCUT2D eigenvalue weighted by Gasteiger charge is -2.71. The molecule has 0 N–H and O–H groups in total. The molecule has 0 aromatic carbocycles. The van der Waals surface area contributed by atoms with Crippen LogP contribution < -0.4 is 0 Å². The van der Waals surface area contributed by atoms with Gasteiger partial charge in [0.1, 0.15) is 6.10 Å². The summed E-state index contributed by atoms with van der Waals surface area (Å²) >= 11 is 0. The molecule has 9 aliphatic rings. The van der Waals surface area contributed by atoms with Gasteiger partial charge >= 0.3 is 5.97 Å². The molecule has 182 valence electrons. The minimum atomic E-state index is -0.483. The molecule has 3 saturated heterocycles. The van der Waals surface area contributed by atoms with E-state index in [2.05, 4.69) is 54.5 Å². The van der Waals surface area contributed by atoms with E-state index >= 15 is 0 Å². The highest BCUT2D eigenvalue weighted by atomic mass is 16.5. The molecule has 1 unspecified atom stereocenters. The first-order valence-corrected chi connectivity index (χ1v) is 13.8. The molecule has 0 aromatic heterocycles. The minimum Gasteiger partial charge on any atom is -0.461 e. The highest BCUT2D eigenvalue weighted by Gasteiger charge is 2.72. The predicted octanol–water partition coefficient (Wildman–Crippen LogP) is 6.75. The normalized spacial score (nSPS) is 56.6. The van der Waals surface area contributed by atoms with Crippen LogP contribution in [0.4, 0.5) is 0 Å². The van der Waals surface area contributed by atoms with E-state index in [1.165, 1.54) is 12.0 Å². The zero-order valence-corrected chi connectivity index (χ0v) is 21.9. The number of ether oxygens (including phenoxy) is 1. The second-order valence-electron chi connectivity index (χ2n) is 14.5.